The normalized spacial score (nSPS) is 10.8. The van der Waals surface area contributed by atoms with Gasteiger partial charge in [-0.2, -0.15) is 0 Å². The Balaban J connectivity index is 2.11. The lowest BCUT2D eigenvalue weighted by Crippen LogP contribution is -1.89. The highest BCUT2D eigenvalue weighted by molar-refractivity contribution is 7.14. The first-order chi connectivity index (χ1) is 7.75. The van der Waals surface area contributed by atoms with E-state index in [2.05, 4.69) is 4.98 Å². The van der Waals surface area contributed by atoms with Crippen LogP contribution < -0.4 is 0 Å². The molecule has 0 fully saturated rings. The van der Waals surface area contributed by atoms with Crippen LogP contribution in [0.15, 0.2) is 42.6 Å². The highest BCUT2D eigenvalue weighted by Gasteiger charge is 2.03. The highest BCUT2D eigenvalue weighted by Crippen LogP contribution is 2.16. The molecule has 0 saturated heterocycles. The lowest BCUT2D eigenvalue weighted by Gasteiger charge is -1.90. The first-order valence-corrected chi connectivity index (χ1v) is 5.77. The van der Waals surface area contributed by atoms with Crippen LogP contribution in [0.3, 0.4) is 0 Å². The van der Waals surface area contributed by atoms with Crippen LogP contribution in [0.1, 0.15) is 20.2 Å². The standard InChI is InChI=1S/C13H11NOS/c1-10-5-8-13(16-10)12(15)7-6-11-4-2-3-9-14-11/h2-9H,1H3/b7-6+. The van der Waals surface area contributed by atoms with Crippen molar-refractivity contribution in [2.75, 3.05) is 0 Å². The maximum Gasteiger partial charge on any atom is 0.195 e. The molecule has 0 atom stereocenters. The van der Waals surface area contributed by atoms with E-state index in [1.807, 2.05) is 37.3 Å². The molecule has 2 rings (SSSR count). The first kappa shape index (κ1) is 10.8. The maximum atomic E-state index is 11.7. The Labute approximate surface area is 98.3 Å². The molecule has 16 heavy (non-hydrogen) atoms. The molecule has 0 radical (unpaired) electrons. The summed E-state index contributed by atoms with van der Waals surface area (Å²) in [6.45, 7) is 1.99. The molecular weight excluding hydrogens is 218 g/mol. The number of rotatable bonds is 3. The van der Waals surface area contributed by atoms with E-state index in [1.54, 1.807) is 18.3 Å². The first-order valence-electron chi connectivity index (χ1n) is 4.95. The molecule has 2 aromatic rings. The summed E-state index contributed by atoms with van der Waals surface area (Å²) in [5.74, 6) is 0.0313. The fraction of sp³-hybridized carbons (Fsp3) is 0.0769. The van der Waals surface area contributed by atoms with Crippen LogP contribution in [-0.2, 0) is 0 Å². The van der Waals surface area contributed by atoms with Gasteiger partial charge in [0.25, 0.3) is 0 Å². The van der Waals surface area contributed by atoms with Gasteiger partial charge in [-0.05, 0) is 43.3 Å². The van der Waals surface area contributed by atoms with Crippen LogP contribution in [0.5, 0.6) is 0 Å². The highest BCUT2D eigenvalue weighted by atomic mass is 32.1. The quantitative estimate of drug-likeness (QED) is 0.596. The van der Waals surface area contributed by atoms with Gasteiger partial charge in [-0.1, -0.05) is 6.07 Å². The predicted octanol–water partition coefficient (Wildman–Crippen LogP) is 3.35. The number of hydrogen-bond donors (Lipinski definition) is 0. The molecule has 2 aromatic heterocycles. The number of aromatic nitrogens is 1. The summed E-state index contributed by atoms with van der Waals surface area (Å²) in [7, 11) is 0. The SMILES string of the molecule is Cc1ccc(C(=O)/C=C/c2ccccn2)s1. The van der Waals surface area contributed by atoms with Crippen molar-refractivity contribution in [3.8, 4) is 0 Å². The fourth-order valence-electron chi connectivity index (χ4n) is 1.28. The van der Waals surface area contributed by atoms with Crippen molar-refractivity contribution >= 4 is 23.2 Å². The number of allylic oxidation sites excluding steroid dienone is 1. The zero-order valence-corrected chi connectivity index (χ0v) is 9.70. The van der Waals surface area contributed by atoms with Crippen LogP contribution >= 0.6 is 11.3 Å². The third-order valence-electron chi connectivity index (χ3n) is 2.08. The Bertz CT molecular complexity index is 514. The second kappa shape index (κ2) is 4.86. The molecule has 0 aliphatic carbocycles. The zero-order valence-electron chi connectivity index (χ0n) is 8.88. The minimum absolute atomic E-state index is 0.0313. The molecule has 2 heterocycles. The average molecular weight is 229 g/mol. The van der Waals surface area contributed by atoms with E-state index in [-0.39, 0.29) is 5.78 Å². The van der Waals surface area contributed by atoms with Gasteiger partial charge in [0.1, 0.15) is 0 Å². The van der Waals surface area contributed by atoms with Crippen molar-refractivity contribution < 1.29 is 4.79 Å². The molecule has 0 N–H and O–H groups in total. The number of ketones is 1. The molecule has 0 spiro atoms. The molecule has 0 aromatic carbocycles. The van der Waals surface area contributed by atoms with Crippen molar-refractivity contribution in [3.63, 3.8) is 0 Å². The number of carbonyl (C=O) groups is 1. The molecule has 0 aliphatic rings. The van der Waals surface area contributed by atoms with E-state index in [9.17, 15) is 4.79 Å². The van der Waals surface area contributed by atoms with Gasteiger partial charge in [0.15, 0.2) is 5.78 Å². The Morgan fingerprint density at radius 3 is 2.81 bits per heavy atom. The smallest absolute Gasteiger partial charge is 0.195 e. The van der Waals surface area contributed by atoms with E-state index in [4.69, 9.17) is 0 Å². The fourth-order valence-corrected chi connectivity index (χ4v) is 2.07. The monoisotopic (exact) mass is 229 g/mol. The molecule has 0 unspecified atom stereocenters. The number of nitrogens with zero attached hydrogens (tertiary/aromatic N) is 1. The molecule has 2 nitrogen and oxygen atoms in total. The minimum Gasteiger partial charge on any atom is -0.288 e. The second-order valence-electron chi connectivity index (χ2n) is 3.36. The Morgan fingerprint density at radius 2 is 2.19 bits per heavy atom. The summed E-state index contributed by atoms with van der Waals surface area (Å²) < 4.78 is 0. The number of carbonyl (C=O) groups excluding carboxylic acids is 1. The van der Waals surface area contributed by atoms with Gasteiger partial charge in [-0.3, -0.25) is 9.78 Å². The van der Waals surface area contributed by atoms with Crippen molar-refractivity contribution in [2.24, 2.45) is 0 Å². The van der Waals surface area contributed by atoms with E-state index in [0.717, 1.165) is 15.4 Å². The number of aryl methyl sites for hydroxylation is 1. The average Bonchev–Trinajstić information content (AvgIpc) is 2.74. The third kappa shape index (κ3) is 2.64. The molecule has 3 heteroatoms. The van der Waals surface area contributed by atoms with Gasteiger partial charge in [-0.15, -0.1) is 11.3 Å². The summed E-state index contributed by atoms with van der Waals surface area (Å²) in [5, 5.41) is 0. The number of thiophene rings is 1. The second-order valence-corrected chi connectivity index (χ2v) is 4.65. The number of pyridine rings is 1. The minimum atomic E-state index is 0.0313. The summed E-state index contributed by atoms with van der Waals surface area (Å²) in [5.41, 5.74) is 0.795. The van der Waals surface area contributed by atoms with Gasteiger partial charge in [-0.25, -0.2) is 0 Å². The Kier molecular flexibility index (Phi) is 3.27. The van der Waals surface area contributed by atoms with Gasteiger partial charge < -0.3 is 0 Å². The zero-order chi connectivity index (χ0) is 11.4. The van der Waals surface area contributed by atoms with Gasteiger partial charge >= 0.3 is 0 Å². The lowest BCUT2D eigenvalue weighted by atomic mass is 10.2. The molecule has 80 valence electrons. The molecule has 0 aliphatic heterocycles. The van der Waals surface area contributed by atoms with Crippen LogP contribution in [-0.4, -0.2) is 10.8 Å². The van der Waals surface area contributed by atoms with Crippen molar-refractivity contribution in [1.29, 1.82) is 0 Å². The topological polar surface area (TPSA) is 30.0 Å². The Morgan fingerprint density at radius 1 is 1.31 bits per heavy atom. The molecular formula is C13H11NOS. The molecule has 0 saturated carbocycles. The van der Waals surface area contributed by atoms with Crippen LogP contribution in [0.25, 0.3) is 6.08 Å². The van der Waals surface area contributed by atoms with E-state index < -0.39 is 0 Å². The van der Waals surface area contributed by atoms with Crippen molar-refractivity contribution in [3.05, 3.63) is 58.1 Å². The summed E-state index contributed by atoms with van der Waals surface area (Å²) in [6, 6.07) is 9.41. The van der Waals surface area contributed by atoms with Crippen LogP contribution in [0, 0.1) is 6.92 Å². The lowest BCUT2D eigenvalue weighted by molar-refractivity contribution is 0.105. The van der Waals surface area contributed by atoms with E-state index >= 15 is 0 Å². The van der Waals surface area contributed by atoms with Crippen LogP contribution in [0.4, 0.5) is 0 Å². The van der Waals surface area contributed by atoms with Gasteiger partial charge in [0, 0.05) is 11.1 Å². The van der Waals surface area contributed by atoms with E-state index in [1.165, 1.54) is 11.3 Å². The predicted molar refractivity (Wildman–Crippen MR) is 66.7 cm³/mol. The third-order valence-corrected chi connectivity index (χ3v) is 3.09. The number of hydrogen-bond acceptors (Lipinski definition) is 3. The van der Waals surface area contributed by atoms with Gasteiger partial charge in [0.05, 0.1) is 10.6 Å². The van der Waals surface area contributed by atoms with Gasteiger partial charge in [0.2, 0.25) is 0 Å². The molecule has 0 amide bonds. The summed E-state index contributed by atoms with van der Waals surface area (Å²) in [6.07, 6.45) is 5.00. The maximum absolute atomic E-state index is 11.7. The van der Waals surface area contributed by atoms with E-state index in [0.29, 0.717) is 0 Å². The largest absolute Gasteiger partial charge is 0.288 e. The van der Waals surface area contributed by atoms with Crippen LogP contribution in [0.2, 0.25) is 0 Å². The molecule has 0 bridgehead atoms. The van der Waals surface area contributed by atoms with Crippen molar-refractivity contribution in [1.82, 2.24) is 4.98 Å². The Hall–Kier alpha value is -1.74. The summed E-state index contributed by atoms with van der Waals surface area (Å²) >= 11 is 1.51. The van der Waals surface area contributed by atoms with Crippen molar-refractivity contribution in [2.45, 2.75) is 6.92 Å². The summed E-state index contributed by atoms with van der Waals surface area (Å²) in [4.78, 5) is 17.8.